The van der Waals surface area contributed by atoms with Crippen LogP contribution in [0.2, 0.25) is 0 Å². The first-order valence-electron chi connectivity index (χ1n) is 5.43. The van der Waals surface area contributed by atoms with Gasteiger partial charge in [0, 0.05) is 11.6 Å². The minimum atomic E-state index is 0.196. The summed E-state index contributed by atoms with van der Waals surface area (Å²) in [7, 11) is 0. The van der Waals surface area contributed by atoms with E-state index in [1.54, 1.807) is 6.26 Å². The second kappa shape index (κ2) is 4.81. The predicted molar refractivity (Wildman–Crippen MR) is 62.2 cm³/mol. The quantitative estimate of drug-likeness (QED) is 0.593. The van der Waals surface area contributed by atoms with E-state index in [2.05, 4.69) is 26.2 Å². The Morgan fingerprint density at radius 1 is 1.47 bits per heavy atom. The van der Waals surface area contributed by atoms with Crippen LogP contribution in [0.5, 0.6) is 0 Å². The Bertz CT molecular complexity index is 299. The first-order chi connectivity index (χ1) is 6.92. The van der Waals surface area contributed by atoms with E-state index in [1.165, 1.54) is 0 Å². The molecule has 0 aliphatic heterocycles. The Hall–Kier alpha value is -0.800. The van der Waals surface area contributed by atoms with Gasteiger partial charge in [0.15, 0.2) is 0 Å². The van der Waals surface area contributed by atoms with Gasteiger partial charge in [-0.2, -0.15) is 0 Å². The van der Waals surface area contributed by atoms with E-state index in [4.69, 9.17) is 10.3 Å². The SMILES string of the molecule is Cc1cc(C(CCC(C)(C)C)NN)co1. The minimum absolute atomic E-state index is 0.196. The molecule has 0 amide bonds. The fourth-order valence-corrected chi connectivity index (χ4v) is 1.57. The van der Waals surface area contributed by atoms with Gasteiger partial charge in [-0.3, -0.25) is 11.3 Å². The molecule has 0 fully saturated rings. The smallest absolute Gasteiger partial charge is 0.101 e. The molecule has 1 heterocycles. The van der Waals surface area contributed by atoms with Gasteiger partial charge in [-0.05, 0) is 31.2 Å². The van der Waals surface area contributed by atoms with Crippen LogP contribution in [0, 0.1) is 12.3 Å². The monoisotopic (exact) mass is 210 g/mol. The molecule has 0 aliphatic carbocycles. The van der Waals surface area contributed by atoms with Crippen LogP contribution in [-0.2, 0) is 0 Å². The Morgan fingerprint density at radius 2 is 2.13 bits per heavy atom. The number of rotatable bonds is 4. The van der Waals surface area contributed by atoms with Crippen molar-refractivity contribution in [1.82, 2.24) is 5.43 Å². The molecular weight excluding hydrogens is 188 g/mol. The molecule has 86 valence electrons. The maximum absolute atomic E-state index is 5.55. The van der Waals surface area contributed by atoms with Crippen molar-refractivity contribution < 1.29 is 4.42 Å². The summed E-state index contributed by atoms with van der Waals surface area (Å²) >= 11 is 0. The molecule has 1 aromatic rings. The van der Waals surface area contributed by atoms with Crippen molar-refractivity contribution in [2.24, 2.45) is 11.3 Å². The van der Waals surface area contributed by atoms with Gasteiger partial charge in [0.1, 0.15) is 5.76 Å². The van der Waals surface area contributed by atoms with Crippen LogP contribution in [0.3, 0.4) is 0 Å². The highest BCUT2D eigenvalue weighted by Crippen LogP contribution is 2.27. The third-order valence-electron chi connectivity index (χ3n) is 2.54. The summed E-state index contributed by atoms with van der Waals surface area (Å²) in [5, 5.41) is 0. The molecule has 0 spiro atoms. The van der Waals surface area contributed by atoms with Crippen molar-refractivity contribution in [3.05, 3.63) is 23.7 Å². The molecule has 1 atom stereocenters. The van der Waals surface area contributed by atoms with Crippen LogP contribution in [0.1, 0.15) is 51.0 Å². The summed E-state index contributed by atoms with van der Waals surface area (Å²) in [5.74, 6) is 6.48. The van der Waals surface area contributed by atoms with Crippen LogP contribution in [-0.4, -0.2) is 0 Å². The van der Waals surface area contributed by atoms with E-state index in [0.717, 1.165) is 24.2 Å². The van der Waals surface area contributed by atoms with Gasteiger partial charge in [0.25, 0.3) is 0 Å². The van der Waals surface area contributed by atoms with Gasteiger partial charge in [-0.15, -0.1) is 0 Å². The molecule has 15 heavy (non-hydrogen) atoms. The topological polar surface area (TPSA) is 51.2 Å². The van der Waals surface area contributed by atoms with Gasteiger partial charge in [0.05, 0.1) is 6.26 Å². The molecule has 0 bridgehead atoms. The van der Waals surface area contributed by atoms with Crippen molar-refractivity contribution in [3.63, 3.8) is 0 Å². The largest absolute Gasteiger partial charge is 0.469 e. The van der Waals surface area contributed by atoms with E-state index < -0.39 is 0 Å². The average Bonchev–Trinajstić information content (AvgIpc) is 2.51. The molecule has 0 radical (unpaired) electrons. The third-order valence-corrected chi connectivity index (χ3v) is 2.54. The minimum Gasteiger partial charge on any atom is -0.469 e. The molecular formula is C12H22N2O. The Kier molecular flexibility index (Phi) is 3.94. The second-order valence-electron chi connectivity index (χ2n) is 5.31. The van der Waals surface area contributed by atoms with Crippen LogP contribution in [0.15, 0.2) is 16.7 Å². The highest BCUT2D eigenvalue weighted by atomic mass is 16.3. The van der Waals surface area contributed by atoms with Gasteiger partial charge in [-0.1, -0.05) is 20.8 Å². The predicted octanol–water partition coefficient (Wildman–Crippen LogP) is 2.92. The summed E-state index contributed by atoms with van der Waals surface area (Å²) < 4.78 is 5.28. The zero-order valence-electron chi connectivity index (χ0n) is 10.1. The Labute approximate surface area is 92.0 Å². The fourth-order valence-electron chi connectivity index (χ4n) is 1.57. The summed E-state index contributed by atoms with van der Waals surface area (Å²) in [6, 6.07) is 2.23. The van der Waals surface area contributed by atoms with Gasteiger partial charge < -0.3 is 4.42 Å². The molecule has 3 N–H and O–H groups in total. The van der Waals surface area contributed by atoms with Gasteiger partial charge in [-0.25, -0.2) is 0 Å². The van der Waals surface area contributed by atoms with Crippen molar-refractivity contribution in [3.8, 4) is 0 Å². The highest BCUT2D eigenvalue weighted by molar-refractivity contribution is 5.16. The van der Waals surface area contributed by atoms with Crippen molar-refractivity contribution in [2.75, 3.05) is 0 Å². The summed E-state index contributed by atoms with van der Waals surface area (Å²) in [4.78, 5) is 0. The van der Waals surface area contributed by atoms with Gasteiger partial charge in [0.2, 0.25) is 0 Å². The molecule has 1 rings (SSSR count). The standard InChI is InChI=1S/C12H22N2O/c1-9-7-10(8-15-9)11(14-13)5-6-12(2,3)4/h7-8,11,14H,5-6,13H2,1-4H3. The first kappa shape index (κ1) is 12.3. The Morgan fingerprint density at radius 3 is 2.53 bits per heavy atom. The van der Waals surface area contributed by atoms with Crippen molar-refractivity contribution >= 4 is 0 Å². The Balaban J connectivity index is 2.57. The zero-order valence-corrected chi connectivity index (χ0v) is 10.1. The second-order valence-corrected chi connectivity index (χ2v) is 5.31. The van der Waals surface area contributed by atoms with E-state index in [1.807, 2.05) is 13.0 Å². The number of nitrogens with two attached hydrogens (primary N) is 1. The lowest BCUT2D eigenvalue weighted by Crippen LogP contribution is -2.28. The zero-order chi connectivity index (χ0) is 11.5. The molecule has 1 unspecified atom stereocenters. The maximum atomic E-state index is 5.55. The third kappa shape index (κ3) is 4.06. The lowest BCUT2D eigenvalue weighted by Gasteiger charge is -2.21. The lowest BCUT2D eigenvalue weighted by atomic mass is 9.88. The number of aryl methyl sites for hydroxylation is 1. The molecule has 3 nitrogen and oxygen atoms in total. The van der Waals surface area contributed by atoms with Crippen LogP contribution < -0.4 is 11.3 Å². The van der Waals surface area contributed by atoms with E-state index in [-0.39, 0.29) is 6.04 Å². The first-order valence-corrected chi connectivity index (χ1v) is 5.43. The molecule has 0 aliphatic rings. The maximum Gasteiger partial charge on any atom is 0.101 e. The summed E-state index contributed by atoms with van der Waals surface area (Å²) in [6.07, 6.45) is 3.94. The summed E-state index contributed by atoms with van der Waals surface area (Å²) in [5.41, 5.74) is 4.32. The van der Waals surface area contributed by atoms with E-state index in [0.29, 0.717) is 5.41 Å². The molecule has 0 saturated carbocycles. The summed E-state index contributed by atoms with van der Waals surface area (Å²) in [6.45, 7) is 8.66. The highest BCUT2D eigenvalue weighted by Gasteiger charge is 2.16. The number of hydrazine groups is 1. The fraction of sp³-hybridized carbons (Fsp3) is 0.667. The average molecular weight is 210 g/mol. The number of nitrogens with one attached hydrogen (secondary N) is 1. The van der Waals surface area contributed by atoms with Crippen LogP contribution in [0.25, 0.3) is 0 Å². The van der Waals surface area contributed by atoms with E-state index in [9.17, 15) is 0 Å². The molecule has 0 aromatic carbocycles. The molecule has 1 aromatic heterocycles. The normalized spacial score (nSPS) is 14.2. The molecule has 0 saturated heterocycles. The van der Waals surface area contributed by atoms with Crippen molar-refractivity contribution in [1.29, 1.82) is 0 Å². The van der Waals surface area contributed by atoms with E-state index >= 15 is 0 Å². The van der Waals surface area contributed by atoms with Crippen LogP contribution >= 0.6 is 0 Å². The van der Waals surface area contributed by atoms with Gasteiger partial charge >= 0.3 is 0 Å². The number of hydrogen-bond acceptors (Lipinski definition) is 3. The molecule has 3 heteroatoms. The van der Waals surface area contributed by atoms with Crippen molar-refractivity contribution in [2.45, 2.75) is 46.6 Å². The lowest BCUT2D eigenvalue weighted by molar-refractivity contribution is 0.332. The number of furan rings is 1. The van der Waals surface area contributed by atoms with Crippen LogP contribution in [0.4, 0.5) is 0 Å². The number of hydrogen-bond donors (Lipinski definition) is 2.